The predicted octanol–water partition coefficient (Wildman–Crippen LogP) is 1.64. The Morgan fingerprint density at radius 2 is 1.93 bits per heavy atom. The van der Waals surface area contributed by atoms with Gasteiger partial charge in [0, 0.05) is 38.2 Å². The maximum atomic E-state index is 12.6. The van der Waals surface area contributed by atoms with Gasteiger partial charge in [-0.1, -0.05) is 24.4 Å². The van der Waals surface area contributed by atoms with Gasteiger partial charge in [-0.2, -0.15) is 0 Å². The van der Waals surface area contributed by atoms with Crippen LogP contribution in [-0.4, -0.2) is 62.9 Å². The zero-order chi connectivity index (χ0) is 20.9. The minimum Gasteiger partial charge on any atom is -0.349 e. The van der Waals surface area contributed by atoms with Gasteiger partial charge >= 0.3 is 0 Å². The van der Waals surface area contributed by atoms with Crippen molar-refractivity contribution in [2.45, 2.75) is 44.0 Å². The van der Waals surface area contributed by atoms with Crippen LogP contribution in [0.5, 0.6) is 0 Å². The summed E-state index contributed by atoms with van der Waals surface area (Å²) in [4.78, 5) is 31.3. The average molecular weight is 412 g/mol. The van der Waals surface area contributed by atoms with Crippen molar-refractivity contribution in [3.63, 3.8) is 0 Å². The Bertz CT molecular complexity index is 802. The molecule has 1 aromatic carbocycles. The summed E-state index contributed by atoms with van der Waals surface area (Å²) in [6.07, 6.45) is 1.90. The molecule has 0 spiro atoms. The van der Waals surface area contributed by atoms with Crippen LogP contribution >= 0.6 is 0 Å². The highest BCUT2D eigenvalue weighted by molar-refractivity contribution is 7.89. The lowest BCUT2D eigenvalue weighted by Crippen LogP contribution is -2.46. The fourth-order valence-corrected chi connectivity index (χ4v) is 4.08. The lowest BCUT2D eigenvalue weighted by atomic mass is 10.0. The number of nitrogens with one attached hydrogen (secondary N) is 1. The molecular formula is C19H29N3O5S. The molecule has 1 aliphatic rings. The van der Waals surface area contributed by atoms with Crippen LogP contribution in [0.3, 0.4) is 0 Å². The number of sulfonamides is 1. The third-order valence-electron chi connectivity index (χ3n) is 4.76. The van der Waals surface area contributed by atoms with Crippen molar-refractivity contribution in [2.75, 3.05) is 27.2 Å². The van der Waals surface area contributed by atoms with E-state index in [1.807, 2.05) is 18.7 Å². The Morgan fingerprint density at radius 3 is 2.50 bits per heavy atom. The van der Waals surface area contributed by atoms with Crippen molar-refractivity contribution < 1.29 is 22.8 Å². The van der Waals surface area contributed by atoms with Crippen LogP contribution in [0, 0.1) is 5.92 Å². The van der Waals surface area contributed by atoms with Gasteiger partial charge in [0.15, 0.2) is 0 Å². The number of amides is 2. The van der Waals surface area contributed by atoms with Gasteiger partial charge in [0.25, 0.3) is 15.9 Å². The fraction of sp³-hybridized carbons (Fsp3) is 0.579. The first-order valence-corrected chi connectivity index (χ1v) is 10.8. The molecule has 1 fully saturated rings. The van der Waals surface area contributed by atoms with E-state index in [2.05, 4.69) is 5.32 Å². The van der Waals surface area contributed by atoms with Crippen LogP contribution in [0.4, 0.5) is 0 Å². The van der Waals surface area contributed by atoms with E-state index in [1.54, 1.807) is 6.07 Å². The second-order valence-electron chi connectivity index (χ2n) is 7.35. The molecule has 1 N–H and O–H groups in total. The Morgan fingerprint density at radius 1 is 1.29 bits per heavy atom. The highest BCUT2D eigenvalue weighted by Gasteiger charge is 2.25. The molecule has 0 saturated carbocycles. The molecule has 9 heteroatoms. The first kappa shape index (κ1) is 22.3. The van der Waals surface area contributed by atoms with Crippen molar-refractivity contribution in [1.82, 2.24) is 14.7 Å². The summed E-state index contributed by atoms with van der Waals surface area (Å²) in [5.41, 5.74) is 0.267. The van der Waals surface area contributed by atoms with E-state index in [1.165, 1.54) is 32.4 Å². The smallest absolute Gasteiger partial charge is 0.264 e. The van der Waals surface area contributed by atoms with Crippen LogP contribution in [0.15, 0.2) is 29.2 Å². The van der Waals surface area contributed by atoms with E-state index >= 15 is 0 Å². The van der Waals surface area contributed by atoms with Crippen molar-refractivity contribution in [3.8, 4) is 0 Å². The predicted molar refractivity (Wildman–Crippen MR) is 105 cm³/mol. The molecule has 1 saturated heterocycles. The lowest BCUT2D eigenvalue weighted by molar-refractivity contribution is -0.133. The molecule has 0 atom stereocenters. The molecular weight excluding hydrogens is 382 g/mol. The van der Waals surface area contributed by atoms with Crippen molar-refractivity contribution in [2.24, 2.45) is 5.92 Å². The Hall–Kier alpha value is -1.97. The molecule has 2 amide bonds. The summed E-state index contributed by atoms with van der Waals surface area (Å²) in [6, 6.07) is 5.81. The zero-order valence-corrected chi connectivity index (χ0v) is 17.7. The summed E-state index contributed by atoms with van der Waals surface area (Å²) >= 11 is 0. The Labute approximate surface area is 166 Å². The molecule has 1 aromatic rings. The van der Waals surface area contributed by atoms with E-state index < -0.39 is 10.0 Å². The van der Waals surface area contributed by atoms with Gasteiger partial charge < -0.3 is 10.2 Å². The summed E-state index contributed by atoms with van der Waals surface area (Å²) in [7, 11) is -1.27. The molecule has 0 unspecified atom stereocenters. The molecule has 1 heterocycles. The highest BCUT2D eigenvalue weighted by Crippen LogP contribution is 2.18. The number of likely N-dealkylation sites (tertiary alicyclic amines) is 1. The van der Waals surface area contributed by atoms with Crippen LogP contribution in [0.25, 0.3) is 0 Å². The first-order valence-electron chi connectivity index (χ1n) is 9.37. The second-order valence-corrected chi connectivity index (χ2v) is 9.29. The number of carbonyl (C=O) groups excluding carboxylic acids is 2. The van der Waals surface area contributed by atoms with E-state index in [4.69, 9.17) is 4.84 Å². The maximum absolute atomic E-state index is 12.6. The van der Waals surface area contributed by atoms with Crippen molar-refractivity contribution >= 4 is 21.8 Å². The third kappa shape index (κ3) is 5.52. The van der Waals surface area contributed by atoms with Gasteiger partial charge in [-0.15, -0.1) is 0 Å². The number of benzene rings is 1. The lowest BCUT2D eigenvalue weighted by Gasteiger charge is -2.33. The average Bonchev–Trinajstić information content (AvgIpc) is 2.67. The minimum atomic E-state index is -3.82. The topological polar surface area (TPSA) is 96.0 Å². The summed E-state index contributed by atoms with van der Waals surface area (Å²) in [6.45, 7) is 5.26. The van der Waals surface area contributed by atoms with Crippen LogP contribution < -0.4 is 5.32 Å². The molecule has 2 rings (SSSR count). The van der Waals surface area contributed by atoms with E-state index in [0.29, 0.717) is 38.3 Å². The van der Waals surface area contributed by atoms with Gasteiger partial charge in [0.1, 0.15) is 0 Å². The fourth-order valence-electron chi connectivity index (χ4n) is 3.06. The number of hydrogen-bond donors (Lipinski definition) is 1. The molecule has 156 valence electrons. The molecule has 0 aromatic heterocycles. The summed E-state index contributed by atoms with van der Waals surface area (Å²) < 4.78 is 25.4. The van der Waals surface area contributed by atoms with Crippen LogP contribution in [0.1, 0.15) is 43.5 Å². The molecule has 0 aliphatic carbocycles. The number of nitrogens with zero attached hydrogens (tertiary/aromatic N) is 2. The van der Waals surface area contributed by atoms with Crippen molar-refractivity contribution in [1.29, 1.82) is 0 Å². The van der Waals surface area contributed by atoms with Crippen LogP contribution in [0.2, 0.25) is 0 Å². The molecule has 28 heavy (non-hydrogen) atoms. The number of carbonyl (C=O) groups is 2. The molecule has 8 nitrogen and oxygen atoms in total. The zero-order valence-electron chi connectivity index (χ0n) is 16.8. The number of hydrogen-bond acceptors (Lipinski definition) is 5. The Kier molecular flexibility index (Phi) is 7.56. The number of hydroxylamine groups is 1. The van der Waals surface area contributed by atoms with E-state index in [9.17, 15) is 18.0 Å². The van der Waals surface area contributed by atoms with Crippen LogP contribution in [-0.2, 0) is 19.7 Å². The molecule has 0 bridgehead atoms. The normalized spacial score (nSPS) is 15.9. The van der Waals surface area contributed by atoms with Crippen molar-refractivity contribution in [3.05, 3.63) is 29.8 Å². The van der Waals surface area contributed by atoms with Gasteiger partial charge in [0.05, 0.1) is 12.0 Å². The minimum absolute atomic E-state index is 0.0152. The standard InChI is InChI=1S/C19H29N3O5S/c1-14(2)12-18(23)22-10-8-16(9-11-22)20-19(24)15-6-5-7-17(13-15)28(25,26)21(3)27-4/h5-7,13-14,16H,8-12H2,1-4H3,(H,20,24). The second kappa shape index (κ2) is 9.49. The van der Waals surface area contributed by atoms with Gasteiger partial charge in [-0.05, 0) is 37.0 Å². The molecule has 1 aliphatic heterocycles. The Balaban J connectivity index is 1.98. The quantitative estimate of drug-likeness (QED) is 0.688. The number of rotatable bonds is 7. The van der Waals surface area contributed by atoms with Gasteiger partial charge in [-0.3, -0.25) is 14.4 Å². The van der Waals surface area contributed by atoms with E-state index in [0.717, 1.165) is 4.47 Å². The SMILES string of the molecule is CON(C)S(=O)(=O)c1cccc(C(=O)NC2CCN(C(=O)CC(C)C)CC2)c1. The first-order chi connectivity index (χ1) is 13.1. The van der Waals surface area contributed by atoms with E-state index in [-0.39, 0.29) is 28.3 Å². The third-order valence-corrected chi connectivity index (χ3v) is 6.43. The number of piperidine rings is 1. The monoisotopic (exact) mass is 411 g/mol. The van der Waals surface area contributed by atoms with Gasteiger partial charge in [0.2, 0.25) is 5.91 Å². The highest BCUT2D eigenvalue weighted by atomic mass is 32.2. The maximum Gasteiger partial charge on any atom is 0.264 e. The summed E-state index contributed by atoms with van der Waals surface area (Å²) in [5, 5.41) is 2.94. The summed E-state index contributed by atoms with van der Waals surface area (Å²) in [5.74, 6) is 0.148. The van der Waals surface area contributed by atoms with Gasteiger partial charge in [-0.25, -0.2) is 8.42 Å². The molecule has 0 radical (unpaired) electrons. The largest absolute Gasteiger partial charge is 0.349 e.